The van der Waals surface area contributed by atoms with E-state index in [0.717, 1.165) is 6.26 Å². The molecule has 0 spiro atoms. The third kappa shape index (κ3) is 5.85. The van der Waals surface area contributed by atoms with Crippen molar-refractivity contribution in [2.24, 2.45) is 0 Å². The quantitative estimate of drug-likeness (QED) is 0.316. The summed E-state index contributed by atoms with van der Waals surface area (Å²) in [5.74, 6) is 0. The lowest BCUT2D eigenvalue weighted by molar-refractivity contribution is -0.384. The lowest BCUT2D eigenvalue weighted by Gasteiger charge is -2.27. The maximum Gasteiger partial charge on any atom is 0.410 e. The number of non-ortho nitro benzene ring substituents is 1. The van der Waals surface area contributed by atoms with Gasteiger partial charge in [-0.2, -0.15) is 8.42 Å². The first-order valence-corrected chi connectivity index (χ1v) is 12.0. The Morgan fingerprint density at radius 1 is 1.22 bits per heavy atom. The third-order valence-electron chi connectivity index (χ3n) is 5.42. The number of carbonyl (C=O) groups is 2. The minimum atomic E-state index is -3.72. The van der Waals surface area contributed by atoms with Gasteiger partial charge in [0.2, 0.25) is 0 Å². The molecule has 0 radical (unpaired) electrons. The van der Waals surface area contributed by atoms with E-state index in [1.807, 2.05) is 6.92 Å². The summed E-state index contributed by atoms with van der Waals surface area (Å²) in [4.78, 5) is 40.1. The number of hydrogen-bond acceptors (Lipinski definition) is 8. The zero-order valence-electron chi connectivity index (χ0n) is 17.9. The van der Waals surface area contributed by atoms with Gasteiger partial charge < -0.3 is 19.4 Å². The molecular formula is C19H26N4O8S. The molecule has 12 nitrogen and oxygen atoms in total. The molecule has 176 valence electrons. The Labute approximate surface area is 185 Å². The minimum absolute atomic E-state index is 0.0103. The number of likely N-dealkylation sites (tertiary alicyclic amines) is 1. The molecule has 32 heavy (non-hydrogen) atoms. The number of amides is 3. The van der Waals surface area contributed by atoms with E-state index in [1.165, 1.54) is 29.2 Å². The maximum atomic E-state index is 12.8. The molecule has 3 amide bonds. The van der Waals surface area contributed by atoms with Crippen molar-refractivity contribution in [1.29, 1.82) is 0 Å². The summed E-state index contributed by atoms with van der Waals surface area (Å²) < 4.78 is 33.6. The van der Waals surface area contributed by atoms with Crippen LogP contribution in [0, 0.1) is 10.1 Å². The first kappa shape index (κ1) is 23.7. The molecule has 3 rings (SSSR count). The molecule has 0 unspecified atom stereocenters. The van der Waals surface area contributed by atoms with Crippen LogP contribution in [0.3, 0.4) is 0 Å². The molecule has 0 saturated carbocycles. The van der Waals surface area contributed by atoms with E-state index in [9.17, 15) is 28.1 Å². The first-order valence-electron chi connectivity index (χ1n) is 10.2. The second-order valence-electron chi connectivity index (χ2n) is 7.75. The first-order chi connectivity index (χ1) is 15.1. The van der Waals surface area contributed by atoms with E-state index in [0.29, 0.717) is 25.2 Å². The predicted octanol–water partition coefficient (Wildman–Crippen LogP) is 1.41. The van der Waals surface area contributed by atoms with Crippen LogP contribution in [0.4, 0.5) is 15.3 Å². The fourth-order valence-electron chi connectivity index (χ4n) is 3.88. The van der Waals surface area contributed by atoms with Crippen LogP contribution in [0.15, 0.2) is 24.3 Å². The van der Waals surface area contributed by atoms with Gasteiger partial charge in [-0.1, -0.05) is 0 Å². The molecule has 2 saturated heterocycles. The van der Waals surface area contributed by atoms with Crippen molar-refractivity contribution in [2.75, 3.05) is 39.0 Å². The average Bonchev–Trinajstić information content (AvgIpc) is 3.28. The largest absolute Gasteiger partial charge is 0.445 e. The number of likely N-dealkylation sites (N-methyl/N-ethyl adjacent to an activating group) is 1. The highest BCUT2D eigenvalue weighted by atomic mass is 32.2. The Kier molecular flexibility index (Phi) is 7.19. The van der Waals surface area contributed by atoms with E-state index in [2.05, 4.69) is 0 Å². The smallest absolute Gasteiger partial charge is 0.410 e. The van der Waals surface area contributed by atoms with Crippen molar-refractivity contribution in [3.63, 3.8) is 0 Å². The second-order valence-corrected chi connectivity index (χ2v) is 9.35. The van der Waals surface area contributed by atoms with Gasteiger partial charge in [-0.3, -0.25) is 14.3 Å². The van der Waals surface area contributed by atoms with Crippen LogP contribution < -0.4 is 0 Å². The van der Waals surface area contributed by atoms with Crippen LogP contribution >= 0.6 is 0 Å². The third-order valence-corrected chi connectivity index (χ3v) is 6.05. The summed E-state index contributed by atoms with van der Waals surface area (Å²) in [6.45, 7) is 3.73. The van der Waals surface area contributed by atoms with Crippen LogP contribution in [0.25, 0.3) is 0 Å². The van der Waals surface area contributed by atoms with Crippen molar-refractivity contribution >= 4 is 27.9 Å². The number of nitro benzene ring substituents is 1. The van der Waals surface area contributed by atoms with Crippen molar-refractivity contribution in [2.45, 2.75) is 32.1 Å². The van der Waals surface area contributed by atoms with Gasteiger partial charge in [-0.25, -0.2) is 9.59 Å². The second kappa shape index (κ2) is 9.69. The lowest BCUT2D eigenvalue weighted by atomic mass is 10.2. The van der Waals surface area contributed by atoms with Gasteiger partial charge in [-0.05, 0) is 31.0 Å². The van der Waals surface area contributed by atoms with E-state index in [-0.39, 0.29) is 37.8 Å². The molecule has 13 heteroatoms. The molecule has 2 heterocycles. The van der Waals surface area contributed by atoms with Gasteiger partial charge in [0.1, 0.15) is 6.61 Å². The Balaban J connectivity index is 1.66. The number of carbonyl (C=O) groups excluding carboxylic acids is 2. The molecule has 1 aromatic rings. The van der Waals surface area contributed by atoms with Crippen molar-refractivity contribution in [1.82, 2.24) is 14.7 Å². The summed E-state index contributed by atoms with van der Waals surface area (Å²) in [6, 6.07) is 5.02. The van der Waals surface area contributed by atoms with Crippen LogP contribution in [0.1, 0.15) is 18.9 Å². The van der Waals surface area contributed by atoms with Gasteiger partial charge in [0.15, 0.2) is 0 Å². The normalized spacial score (nSPS) is 21.3. The number of nitro groups is 1. The summed E-state index contributed by atoms with van der Waals surface area (Å²) >= 11 is 0. The SMILES string of the molecule is CCN1CCN(C[C@@H]2C[C@@H](OS(C)(=O)=O)CN2C(=O)OCc2ccc([N+](=O)[O-])cc2)C1=O. The maximum absolute atomic E-state index is 12.8. The van der Waals surface area contributed by atoms with Crippen molar-refractivity contribution < 1.29 is 31.9 Å². The number of urea groups is 1. The monoisotopic (exact) mass is 470 g/mol. The summed E-state index contributed by atoms with van der Waals surface area (Å²) in [7, 11) is -3.72. The van der Waals surface area contributed by atoms with Gasteiger partial charge >= 0.3 is 12.1 Å². The number of nitrogens with zero attached hydrogens (tertiary/aromatic N) is 4. The zero-order valence-corrected chi connectivity index (χ0v) is 18.7. The molecule has 2 atom stereocenters. The molecule has 0 bridgehead atoms. The van der Waals surface area contributed by atoms with Crippen LogP contribution in [0.2, 0.25) is 0 Å². The van der Waals surface area contributed by atoms with Crippen LogP contribution in [0.5, 0.6) is 0 Å². The fraction of sp³-hybridized carbons (Fsp3) is 0.579. The highest BCUT2D eigenvalue weighted by Gasteiger charge is 2.41. The number of hydrogen-bond donors (Lipinski definition) is 0. The predicted molar refractivity (Wildman–Crippen MR) is 112 cm³/mol. The molecule has 1 aromatic carbocycles. The Bertz CT molecular complexity index is 968. The fourth-order valence-corrected chi connectivity index (χ4v) is 4.51. The van der Waals surface area contributed by atoms with Gasteiger partial charge in [0, 0.05) is 38.3 Å². The number of ether oxygens (including phenoxy) is 1. The summed E-state index contributed by atoms with van der Waals surface area (Å²) in [5.41, 5.74) is 0.494. The van der Waals surface area contributed by atoms with Crippen molar-refractivity contribution in [3.8, 4) is 0 Å². The van der Waals surface area contributed by atoms with E-state index in [1.54, 1.807) is 9.80 Å². The molecular weight excluding hydrogens is 444 g/mol. The molecule has 2 fully saturated rings. The van der Waals surface area contributed by atoms with Crippen LogP contribution in [-0.4, -0.2) is 91.3 Å². The Morgan fingerprint density at radius 3 is 2.44 bits per heavy atom. The highest BCUT2D eigenvalue weighted by molar-refractivity contribution is 7.86. The molecule has 0 aliphatic carbocycles. The van der Waals surface area contributed by atoms with Crippen LogP contribution in [-0.2, 0) is 25.6 Å². The van der Waals surface area contributed by atoms with Crippen molar-refractivity contribution in [3.05, 3.63) is 39.9 Å². The standard InChI is InChI=1S/C19H26N4O8S/c1-3-20-8-9-21(18(20)24)11-16-10-17(31-32(2,28)29)12-22(16)19(25)30-13-14-4-6-15(7-5-14)23(26)27/h4-7,16-17H,3,8-13H2,1-2H3/t16-,17+/m0/s1. The Morgan fingerprint density at radius 2 is 1.88 bits per heavy atom. The van der Waals surface area contributed by atoms with E-state index >= 15 is 0 Å². The molecule has 0 N–H and O–H groups in total. The summed E-state index contributed by atoms with van der Waals surface area (Å²) in [5, 5.41) is 10.8. The van der Waals surface area contributed by atoms with E-state index in [4.69, 9.17) is 8.92 Å². The average molecular weight is 471 g/mol. The van der Waals surface area contributed by atoms with Gasteiger partial charge in [0.05, 0.1) is 29.9 Å². The van der Waals surface area contributed by atoms with E-state index < -0.39 is 33.3 Å². The molecule has 0 aromatic heterocycles. The highest BCUT2D eigenvalue weighted by Crippen LogP contribution is 2.25. The number of benzene rings is 1. The minimum Gasteiger partial charge on any atom is -0.445 e. The molecule has 2 aliphatic rings. The zero-order chi connectivity index (χ0) is 23.5. The molecule has 2 aliphatic heterocycles. The Hall–Kier alpha value is -2.93. The summed E-state index contributed by atoms with van der Waals surface area (Å²) in [6.07, 6.45) is -0.218. The topological polar surface area (TPSA) is 140 Å². The lowest BCUT2D eigenvalue weighted by Crippen LogP contribution is -2.44. The number of rotatable bonds is 8. The van der Waals surface area contributed by atoms with Gasteiger partial charge in [0.25, 0.3) is 15.8 Å². The van der Waals surface area contributed by atoms with Gasteiger partial charge in [-0.15, -0.1) is 0 Å².